The van der Waals surface area contributed by atoms with E-state index in [0.29, 0.717) is 18.8 Å². The Kier molecular flexibility index (Phi) is 3.14. The molecule has 18 heavy (non-hydrogen) atoms. The zero-order chi connectivity index (χ0) is 13.2. The van der Waals surface area contributed by atoms with Crippen LogP contribution in [0.15, 0.2) is 12.3 Å². The van der Waals surface area contributed by atoms with E-state index < -0.39 is 11.3 Å². The van der Waals surface area contributed by atoms with Crippen molar-refractivity contribution in [1.82, 2.24) is 9.97 Å². The highest BCUT2D eigenvalue weighted by molar-refractivity contribution is 6.28. The van der Waals surface area contributed by atoms with Crippen LogP contribution in [-0.4, -0.2) is 22.4 Å². The summed E-state index contributed by atoms with van der Waals surface area (Å²) in [4.78, 5) is 21.2. The molecule has 1 aliphatic rings. The van der Waals surface area contributed by atoms with Gasteiger partial charge >= 0.3 is 0 Å². The van der Waals surface area contributed by atoms with Crippen molar-refractivity contribution in [2.75, 3.05) is 11.4 Å². The molecule has 0 saturated carbocycles. The zero-order valence-electron chi connectivity index (χ0n) is 9.30. The van der Waals surface area contributed by atoms with Gasteiger partial charge in [-0.25, -0.2) is 9.97 Å². The van der Waals surface area contributed by atoms with E-state index in [1.807, 2.05) is 12.1 Å². The Balaban J connectivity index is 2.33. The molecule has 2 heterocycles. The van der Waals surface area contributed by atoms with Gasteiger partial charge in [-0.1, -0.05) is 0 Å². The molecule has 0 spiro atoms. The summed E-state index contributed by atoms with van der Waals surface area (Å²) in [6, 6.07) is 5.38. The molecule has 6 nitrogen and oxygen atoms in total. The lowest BCUT2D eigenvalue weighted by Gasteiger charge is -2.18. The molecule has 1 atom stereocenters. The lowest BCUT2D eigenvalue weighted by atomic mass is 9.85. The summed E-state index contributed by atoms with van der Waals surface area (Å²) < 4.78 is 0. The third kappa shape index (κ3) is 1.87. The van der Waals surface area contributed by atoms with E-state index in [9.17, 15) is 4.79 Å². The Hall–Kier alpha value is -2.18. The van der Waals surface area contributed by atoms with Crippen molar-refractivity contribution in [3.05, 3.63) is 17.5 Å². The standard InChI is InChI=1S/C11H8ClN5O/c12-10-15-5-1-8(16-10)17-6-3-11(7-14,2-4-13)9(17)18/h1,5H,2-3,6H2. The maximum Gasteiger partial charge on any atom is 0.249 e. The number of anilines is 1. The second-order valence-electron chi connectivity index (χ2n) is 3.92. The lowest BCUT2D eigenvalue weighted by Crippen LogP contribution is -2.34. The number of hydrogen-bond acceptors (Lipinski definition) is 5. The third-order valence-corrected chi connectivity index (χ3v) is 3.08. The van der Waals surface area contributed by atoms with Crippen LogP contribution in [0.1, 0.15) is 12.8 Å². The molecule has 1 unspecified atom stereocenters. The molecule has 2 rings (SSSR count). The molecule has 1 aromatic rings. The zero-order valence-corrected chi connectivity index (χ0v) is 10.1. The van der Waals surface area contributed by atoms with Crippen molar-refractivity contribution >= 4 is 23.3 Å². The minimum absolute atomic E-state index is 0.0371. The van der Waals surface area contributed by atoms with Gasteiger partial charge in [0.1, 0.15) is 5.82 Å². The summed E-state index contributed by atoms with van der Waals surface area (Å²) in [7, 11) is 0. The predicted octanol–water partition coefficient (Wildman–Crippen LogP) is 1.29. The third-order valence-electron chi connectivity index (χ3n) is 2.90. The predicted molar refractivity (Wildman–Crippen MR) is 62.3 cm³/mol. The molecular weight excluding hydrogens is 254 g/mol. The maximum atomic E-state index is 12.2. The monoisotopic (exact) mass is 261 g/mol. The van der Waals surface area contributed by atoms with Crippen LogP contribution in [0.4, 0.5) is 5.82 Å². The van der Waals surface area contributed by atoms with Crippen molar-refractivity contribution in [2.24, 2.45) is 5.41 Å². The van der Waals surface area contributed by atoms with Crippen LogP contribution in [-0.2, 0) is 4.79 Å². The van der Waals surface area contributed by atoms with E-state index in [-0.39, 0.29) is 11.7 Å². The van der Waals surface area contributed by atoms with Crippen LogP contribution in [0, 0.1) is 28.1 Å². The van der Waals surface area contributed by atoms with Crippen molar-refractivity contribution in [2.45, 2.75) is 12.8 Å². The maximum absolute atomic E-state index is 12.2. The highest BCUT2D eigenvalue weighted by atomic mass is 35.5. The SMILES string of the molecule is N#CCC1(C#N)CCN(c2ccnc(Cl)n2)C1=O. The molecule has 0 N–H and O–H groups in total. The van der Waals surface area contributed by atoms with Gasteiger partial charge < -0.3 is 0 Å². The average molecular weight is 262 g/mol. The van der Waals surface area contributed by atoms with Gasteiger partial charge in [-0.2, -0.15) is 10.5 Å². The molecular formula is C11H8ClN5O. The molecule has 90 valence electrons. The Morgan fingerprint density at radius 3 is 2.94 bits per heavy atom. The van der Waals surface area contributed by atoms with E-state index >= 15 is 0 Å². The fraction of sp³-hybridized carbons (Fsp3) is 0.364. The normalized spacial score (nSPS) is 22.6. The first kappa shape index (κ1) is 12.3. The first-order chi connectivity index (χ1) is 8.63. The summed E-state index contributed by atoms with van der Waals surface area (Å²) in [6.45, 7) is 0.349. The second kappa shape index (κ2) is 4.59. The van der Waals surface area contributed by atoms with Crippen molar-refractivity contribution in [3.63, 3.8) is 0 Å². The summed E-state index contributed by atoms with van der Waals surface area (Å²) in [5.41, 5.74) is -1.26. The fourth-order valence-electron chi connectivity index (χ4n) is 1.91. The highest BCUT2D eigenvalue weighted by Crippen LogP contribution is 2.36. The van der Waals surface area contributed by atoms with Gasteiger partial charge in [-0.15, -0.1) is 0 Å². The van der Waals surface area contributed by atoms with Crippen LogP contribution in [0.3, 0.4) is 0 Å². The van der Waals surface area contributed by atoms with Crippen molar-refractivity contribution < 1.29 is 4.79 Å². The molecule has 0 aromatic carbocycles. The van der Waals surface area contributed by atoms with Crippen LogP contribution in [0.5, 0.6) is 0 Å². The quantitative estimate of drug-likeness (QED) is 0.748. The second-order valence-corrected chi connectivity index (χ2v) is 4.26. The lowest BCUT2D eigenvalue weighted by molar-refractivity contribution is -0.122. The van der Waals surface area contributed by atoms with Crippen LogP contribution >= 0.6 is 11.6 Å². The average Bonchev–Trinajstić information content (AvgIpc) is 2.68. The Bertz CT molecular complexity index is 576. The van der Waals surface area contributed by atoms with Gasteiger partial charge in [0.15, 0.2) is 5.41 Å². The van der Waals surface area contributed by atoms with Crippen molar-refractivity contribution in [3.8, 4) is 12.1 Å². The molecule has 0 radical (unpaired) electrons. The topological polar surface area (TPSA) is 93.7 Å². The van der Waals surface area contributed by atoms with Gasteiger partial charge in [0.25, 0.3) is 0 Å². The summed E-state index contributed by atoms with van der Waals surface area (Å²) in [5, 5.41) is 17.9. The Morgan fingerprint density at radius 2 is 2.33 bits per heavy atom. The largest absolute Gasteiger partial charge is 0.295 e. The number of nitriles is 2. The number of hydrogen-bond donors (Lipinski definition) is 0. The number of carbonyl (C=O) groups excluding carboxylic acids is 1. The van der Waals surface area contributed by atoms with Crippen LogP contribution in [0.25, 0.3) is 0 Å². The molecule has 1 aliphatic heterocycles. The molecule has 1 saturated heterocycles. The van der Waals surface area contributed by atoms with Crippen LogP contribution < -0.4 is 4.90 Å². The van der Waals surface area contributed by atoms with Crippen LogP contribution in [0.2, 0.25) is 5.28 Å². The van der Waals surface area contributed by atoms with Gasteiger partial charge in [-0.3, -0.25) is 9.69 Å². The van der Waals surface area contributed by atoms with E-state index in [0.717, 1.165) is 0 Å². The Morgan fingerprint density at radius 1 is 1.56 bits per heavy atom. The van der Waals surface area contributed by atoms with Crippen molar-refractivity contribution in [1.29, 1.82) is 10.5 Å². The highest BCUT2D eigenvalue weighted by Gasteiger charge is 2.48. The molecule has 1 aromatic heterocycles. The molecule has 7 heteroatoms. The summed E-state index contributed by atoms with van der Waals surface area (Å²) in [5.74, 6) is -0.0450. The minimum Gasteiger partial charge on any atom is -0.295 e. The van der Waals surface area contributed by atoms with E-state index in [1.54, 1.807) is 6.07 Å². The van der Waals surface area contributed by atoms with Gasteiger partial charge in [0.2, 0.25) is 11.2 Å². The van der Waals surface area contributed by atoms with Gasteiger partial charge in [0.05, 0.1) is 18.6 Å². The smallest absolute Gasteiger partial charge is 0.249 e. The first-order valence-corrected chi connectivity index (χ1v) is 5.59. The van der Waals surface area contributed by atoms with E-state index in [4.69, 9.17) is 22.1 Å². The number of rotatable bonds is 2. The number of nitrogens with zero attached hydrogens (tertiary/aromatic N) is 5. The van der Waals surface area contributed by atoms with Gasteiger partial charge in [-0.05, 0) is 24.1 Å². The Labute approximate surface area is 108 Å². The fourth-order valence-corrected chi connectivity index (χ4v) is 2.05. The summed E-state index contributed by atoms with van der Waals surface area (Å²) >= 11 is 5.66. The molecule has 1 fully saturated rings. The molecule has 1 amide bonds. The number of halogens is 1. The number of amides is 1. The first-order valence-electron chi connectivity index (χ1n) is 5.22. The molecule has 0 bridgehead atoms. The molecule has 0 aliphatic carbocycles. The van der Waals surface area contributed by atoms with E-state index in [1.165, 1.54) is 11.1 Å². The minimum atomic E-state index is -1.26. The van der Waals surface area contributed by atoms with E-state index in [2.05, 4.69) is 9.97 Å². The number of carbonyl (C=O) groups is 1. The summed E-state index contributed by atoms with van der Waals surface area (Å²) in [6.07, 6.45) is 1.64. The number of aromatic nitrogens is 2. The van der Waals surface area contributed by atoms with Gasteiger partial charge in [0, 0.05) is 12.7 Å².